The van der Waals surface area contributed by atoms with Gasteiger partial charge in [0.1, 0.15) is 0 Å². The van der Waals surface area contributed by atoms with Crippen molar-refractivity contribution in [3.63, 3.8) is 0 Å². The van der Waals surface area contributed by atoms with Crippen LogP contribution >= 0.6 is 0 Å². The summed E-state index contributed by atoms with van der Waals surface area (Å²) in [5.74, 6) is 5.93. The number of fused-ring (bicyclic) bond motifs is 2. The molecule has 126 valence electrons. The molecule has 0 bridgehead atoms. The molecule has 24 heavy (non-hydrogen) atoms. The molecule has 1 aliphatic heterocycles. The lowest BCUT2D eigenvalue weighted by atomic mass is 10.3. The zero-order valence-electron chi connectivity index (χ0n) is 12.9. The van der Waals surface area contributed by atoms with Crippen LogP contribution in [-0.4, -0.2) is 33.4 Å². The molecule has 2 aromatic heterocycles. The molecule has 2 atom stereocenters. The quantitative estimate of drug-likeness (QED) is 0.692. The largest absolute Gasteiger partial charge is 0.353 e. The van der Waals surface area contributed by atoms with Crippen LogP contribution in [0.15, 0.2) is 15.7 Å². The van der Waals surface area contributed by atoms with Gasteiger partial charge < -0.3 is 16.5 Å². The first-order chi connectivity index (χ1) is 11.5. The van der Waals surface area contributed by atoms with E-state index in [4.69, 9.17) is 11.6 Å². The fourth-order valence-electron chi connectivity index (χ4n) is 3.86. The smallest absolute Gasteiger partial charge is 0.351 e. The highest BCUT2D eigenvalue weighted by Crippen LogP contribution is 2.45. The van der Waals surface area contributed by atoms with Gasteiger partial charge in [-0.3, -0.25) is 9.36 Å². The number of hydrogen-bond donors (Lipinski definition) is 2. The molecule has 8 nitrogen and oxygen atoms in total. The second kappa shape index (κ2) is 4.35. The normalized spacial score (nSPS) is 28.4. The molecule has 5 rings (SSSR count). The van der Waals surface area contributed by atoms with Crippen molar-refractivity contribution in [1.82, 2.24) is 14.2 Å². The molecule has 4 N–H and O–H groups in total. The van der Waals surface area contributed by atoms with E-state index in [1.54, 1.807) is 0 Å². The Labute approximate surface area is 135 Å². The van der Waals surface area contributed by atoms with Crippen LogP contribution in [0, 0.1) is 17.7 Å². The summed E-state index contributed by atoms with van der Waals surface area (Å²) in [6.45, 7) is 1.31. The van der Waals surface area contributed by atoms with E-state index in [1.807, 2.05) is 4.90 Å². The Bertz CT molecular complexity index is 982. The zero-order valence-corrected chi connectivity index (χ0v) is 12.9. The second-order valence-corrected chi connectivity index (χ2v) is 7.03. The van der Waals surface area contributed by atoms with Gasteiger partial charge in [-0.2, -0.15) is 4.68 Å². The van der Waals surface area contributed by atoms with Gasteiger partial charge in [0.2, 0.25) is 0 Å². The molecule has 3 fully saturated rings. The fourth-order valence-corrected chi connectivity index (χ4v) is 3.86. The van der Waals surface area contributed by atoms with E-state index in [2.05, 4.69) is 4.98 Å². The second-order valence-electron chi connectivity index (χ2n) is 7.03. The van der Waals surface area contributed by atoms with E-state index in [0.717, 1.165) is 18.9 Å². The van der Waals surface area contributed by atoms with Crippen LogP contribution in [0.5, 0.6) is 0 Å². The maximum absolute atomic E-state index is 14.6. The molecular weight excluding hydrogens is 315 g/mol. The highest BCUT2D eigenvalue weighted by atomic mass is 19.1. The lowest BCUT2D eigenvalue weighted by Gasteiger charge is -2.21. The number of anilines is 1. The number of halogens is 1. The minimum absolute atomic E-state index is 0.0263. The van der Waals surface area contributed by atoms with E-state index in [9.17, 15) is 14.0 Å². The van der Waals surface area contributed by atoms with E-state index in [0.29, 0.717) is 29.6 Å². The van der Waals surface area contributed by atoms with Crippen LogP contribution in [0.25, 0.3) is 11.0 Å². The van der Waals surface area contributed by atoms with Crippen LogP contribution in [0.3, 0.4) is 0 Å². The van der Waals surface area contributed by atoms with Gasteiger partial charge in [-0.05, 0) is 30.7 Å². The van der Waals surface area contributed by atoms with Crippen LogP contribution in [-0.2, 0) is 0 Å². The van der Waals surface area contributed by atoms with Gasteiger partial charge >= 0.3 is 5.69 Å². The Morgan fingerprint density at radius 1 is 1.21 bits per heavy atom. The monoisotopic (exact) mass is 332 g/mol. The number of pyridine rings is 1. The summed E-state index contributed by atoms with van der Waals surface area (Å²) in [5.41, 5.74) is 4.81. The average Bonchev–Trinajstić information content (AvgIpc) is 3.44. The van der Waals surface area contributed by atoms with Gasteiger partial charge in [0.05, 0.1) is 5.39 Å². The summed E-state index contributed by atoms with van der Waals surface area (Å²) < 4.78 is 16.5. The Balaban J connectivity index is 1.72. The van der Waals surface area contributed by atoms with Crippen molar-refractivity contribution in [2.45, 2.75) is 24.9 Å². The van der Waals surface area contributed by atoms with Gasteiger partial charge in [0, 0.05) is 25.2 Å². The number of aromatic nitrogens is 3. The molecule has 0 amide bonds. The summed E-state index contributed by atoms with van der Waals surface area (Å²) in [7, 11) is 0. The molecule has 0 radical (unpaired) electrons. The Morgan fingerprint density at radius 3 is 2.50 bits per heavy atom. The summed E-state index contributed by atoms with van der Waals surface area (Å²) in [4.78, 5) is 30.8. The molecule has 1 saturated heterocycles. The highest BCUT2D eigenvalue weighted by molar-refractivity contribution is 5.77. The van der Waals surface area contributed by atoms with Gasteiger partial charge in [-0.1, -0.05) is 0 Å². The van der Waals surface area contributed by atoms with Crippen molar-refractivity contribution in [2.75, 3.05) is 23.8 Å². The fraction of sp³-hybridized carbons (Fsp3) is 0.533. The summed E-state index contributed by atoms with van der Waals surface area (Å²) in [6.07, 6.45) is 1.65. The minimum atomic E-state index is -0.726. The number of hydrogen-bond acceptors (Lipinski definition) is 6. The number of nitrogens with two attached hydrogens (primary N) is 2. The molecule has 0 spiro atoms. The highest BCUT2D eigenvalue weighted by Gasteiger charge is 2.54. The van der Waals surface area contributed by atoms with E-state index in [1.165, 1.54) is 4.57 Å². The summed E-state index contributed by atoms with van der Waals surface area (Å²) >= 11 is 0. The van der Waals surface area contributed by atoms with E-state index < -0.39 is 17.1 Å². The van der Waals surface area contributed by atoms with Crippen molar-refractivity contribution in [3.05, 3.63) is 32.7 Å². The lowest BCUT2D eigenvalue weighted by molar-refractivity contribution is 0.603. The van der Waals surface area contributed by atoms with Crippen molar-refractivity contribution in [2.24, 2.45) is 17.6 Å². The van der Waals surface area contributed by atoms with Crippen LogP contribution in [0.4, 0.5) is 10.2 Å². The first-order valence-corrected chi connectivity index (χ1v) is 8.11. The summed E-state index contributed by atoms with van der Waals surface area (Å²) in [6, 6.07) is 1.31. The average molecular weight is 332 g/mol. The molecule has 2 unspecified atom stereocenters. The van der Waals surface area contributed by atoms with Gasteiger partial charge in [-0.15, -0.1) is 0 Å². The predicted molar refractivity (Wildman–Crippen MR) is 85.8 cm³/mol. The Kier molecular flexibility index (Phi) is 2.53. The molecular formula is C15H17FN6O2. The maximum Gasteiger partial charge on any atom is 0.351 e. The Hall–Kier alpha value is -2.42. The molecule has 2 saturated carbocycles. The molecule has 2 aliphatic carbocycles. The first kappa shape index (κ1) is 14.0. The van der Waals surface area contributed by atoms with Crippen LogP contribution in [0.1, 0.15) is 18.9 Å². The number of rotatable bonds is 2. The molecule has 3 aliphatic rings. The van der Waals surface area contributed by atoms with E-state index in [-0.39, 0.29) is 28.9 Å². The third-order valence-electron chi connectivity index (χ3n) is 5.50. The van der Waals surface area contributed by atoms with Gasteiger partial charge in [0.15, 0.2) is 17.3 Å². The number of nitrogen functional groups attached to an aromatic ring is 1. The molecule has 9 heteroatoms. The van der Waals surface area contributed by atoms with Crippen molar-refractivity contribution >= 4 is 16.9 Å². The van der Waals surface area contributed by atoms with Crippen LogP contribution in [0.2, 0.25) is 0 Å². The SMILES string of the molecule is NC1C2CN(c3nc4c(cc3F)c(=O)n(N)c(=O)n4C3CC3)CC12. The first-order valence-electron chi connectivity index (χ1n) is 8.11. The van der Waals surface area contributed by atoms with Crippen molar-refractivity contribution < 1.29 is 4.39 Å². The number of nitrogens with zero attached hydrogens (tertiary/aromatic N) is 4. The van der Waals surface area contributed by atoms with Crippen molar-refractivity contribution in [3.8, 4) is 0 Å². The van der Waals surface area contributed by atoms with E-state index >= 15 is 0 Å². The standard InChI is InChI=1S/C15H17FN6O2/c16-10-3-7-12(19-13(10)20-4-8-9(5-20)11(8)17)21(6-1-2-6)15(24)22(18)14(7)23/h3,6,8-9,11H,1-2,4-5,17-18H2. The third kappa shape index (κ3) is 1.73. The van der Waals surface area contributed by atoms with Gasteiger partial charge in [-0.25, -0.2) is 14.2 Å². The third-order valence-corrected chi connectivity index (χ3v) is 5.50. The zero-order chi connectivity index (χ0) is 16.7. The predicted octanol–water partition coefficient (Wildman–Crippen LogP) is -0.861. The van der Waals surface area contributed by atoms with Crippen molar-refractivity contribution in [1.29, 1.82) is 0 Å². The minimum Gasteiger partial charge on any atom is -0.353 e. The molecule has 0 aromatic carbocycles. The number of piperidine rings is 1. The topological polar surface area (TPSA) is 112 Å². The molecule has 3 heterocycles. The summed E-state index contributed by atoms with van der Waals surface area (Å²) in [5, 5.41) is 0.0336. The molecule has 2 aromatic rings. The lowest BCUT2D eigenvalue weighted by Crippen LogP contribution is -2.45. The van der Waals surface area contributed by atoms with Crippen LogP contribution < -0.4 is 27.7 Å². The maximum atomic E-state index is 14.6. The Morgan fingerprint density at radius 2 is 1.88 bits per heavy atom. The van der Waals surface area contributed by atoms with Gasteiger partial charge in [0.25, 0.3) is 5.56 Å².